The van der Waals surface area contributed by atoms with Crippen LogP contribution in [0.15, 0.2) is 0 Å². The van der Waals surface area contributed by atoms with Gasteiger partial charge in [0.1, 0.15) is 11.9 Å². The van der Waals surface area contributed by atoms with Gasteiger partial charge in [0.05, 0.1) is 6.61 Å². The number of nitrogens with two attached hydrogens (primary N) is 1. The largest absolute Gasteiger partial charge is 0.385 e. The van der Waals surface area contributed by atoms with Crippen molar-refractivity contribution in [1.29, 1.82) is 5.41 Å². The maximum atomic E-state index is 7.10. The Morgan fingerprint density at radius 3 is 2.90 bits per heavy atom. The van der Waals surface area contributed by atoms with Crippen LogP contribution in [0.1, 0.15) is 0 Å². The summed E-state index contributed by atoms with van der Waals surface area (Å²) in [7, 11) is 2.00. The Bertz CT molecular complexity index is 137. The molecule has 0 spiro atoms. The van der Waals surface area contributed by atoms with Gasteiger partial charge in [0.25, 0.3) is 0 Å². The van der Waals surface area contributed by atoms with Gasteiger partial charge in [-0.2, -0.15) is 0 Å². The van der Waals surface area contributed by atoms with Crippen molar-refractivity contribution in [3.63, 3.8) is 0 Å². The first kappa shape index (κ1) is 7.50. The number of hydrogen-bond acceptors (Lipinski definition) is 3. The van der Waals surface area contributed by atoms with Crippen molar-refractivity contribution < 1.29 is 4.74 Å². The third kappa shape index (κ3) is 1.68. The summed E-state index contributed by atoms with van der Waals surface area (Å²) in [6.07, 6.45) is -0.182. The van der Waals surface area contributed by atoms with E-state index in [9.17, 15) is 0 Å². The quantitative estimate of drug-likeness (QED) is 0.375. The van der Waals surface area contributed by atoms with Gasteiger partial charge in [-0.3, -0.25) is 5.41 Å². The lowest BCUT2D eigenvalue weighted by molar-refractivity contribution is 0.0164. The minimum atomic E-state index is -0.182. The Hall–Kier alpha value is -0.610. The summed E-state index contributed by atoms with van der Waals surface area (Å²) in [5, 5.41) is 7.10. The van der Waals surface area contributed by atoms with E-state index in [1.54, 1.807) is 0 Å². The van der Waals surface area contributed by atoms with Gasteiger partial charge in [0.15, 0.2) is 0 Å². The van der Waals surface area contributed by atoms with Gasteiger partial charge in [-0.15, -0.1) is 0 Å². The number of nitrogens with zero attached hydrogens (tertiary/aromatic N) is 1. The Kier molecular flexibility index (Phi) is 2.24. The number of hydrogen-bond donors (Lipinski definition) is 2. The monoisotopic (exact) mass is 143 g/mol. The van der Waals surface area contributed by atoms with E-state index >= 15 is 0 Å². The van der Waals surface area contributed by atoms with Crippen LogP contribution in [0.3, 0.4) is 0 Å². The molecule has 0 aliphatic carbocycles. The van der Waals surface area contributed by atoms with Gasteiger partial charge in [0.2, 0.25) is 0 Å². The molecule has 0 saturated carbocycles. The molecule has 3 N–H and O–H groups in total. The van der Waals surface area contributed by atoms with Crippen LogP contribution in [0.5, 0.6) is 0 Å². The van der Waals surface area contributed by atoms with Gasteiger partial charge >= 0.3 is 0 Å². The molecule has 0 aromatic rings. The molecule has 1 aliphatic rings. The molecule has 4 nitrogen and oxygen atoms in total. The fourth-order valence-electron chi connectivity index (χ4n) is 0.966. The second kappa shape index (κ2) is 2.98. The highest BCUT2D eigenvalue weighted by atomic mass is 16.5. The van der Waals surface area contributed by atoms with E-state index in [1.807, 2.05) is 7.05 Å². The number of nitrogens with one attached hydrogen (secondary N) is 1. The predicted octanol–water partition coefficient (Wildman–Crippen LogP) is -0.747. The van der Waals surface area contributed by atoms with E-state index in [-0.39, 0.29) is 11.9 Å². The molecule has 1 saturated heterocycles. The van der Waals surface area contributed by atoms with Gasteiger partial charge in [-0.05, 0) is 7.05 Å². The topological polar surface area (TPSA) is 62.3 Å². The SMILES string of the molecule is CN1CCO[C@H](C(=N)N)C1. The van der Waals surface area contributed by atoms with Crippen LogP contribution in [-0.2, 0) is 4.74 Å². The van der Waals surface area contributed by atoms with E-state index in [1.165, 1.54) is 0 Å². The molecule has 1 heterocycles. The normalized spacial score (nSPS) is 28.3. The number of ether oxygens (including phenoxy) is 1. The molecule has 0 radical (unpaired) electrons. The van der Waals surface area contributed by atoms with Crippen LogP contribution in [0.4, 0.5) is 0 Å². The number of likely N-dealkylation sites (N-methyl/N-ethyl adjacent to an activating group) is 1. The van der Waals surface area contributed by atoms with Gasteiger partial charge < -0.3 is 15.4 Å². The van der Waals surface area contributed by atoms with Gasteiger partial charge in [0, 0.05) is 13.1 Å². The summed E-state index contributed by atoms with van der Waals surface area (Å²) in [4.78, 5) is 2.11. The second-order valence-electron chi connectivity index (χ2n) is 2.58. The number of rotatable bonds is 1. The minimum absolute atomic E-state index is 0.131. The van der Waals surface area contributed by atoms with E-state index in [2.05, 4.69) is 4.90 Å². The van der Waals surface area contributed by atoms with Gasteiger partial charge in [-0.1, -0.05) is 0 Å². The lowest BCUT2D eigenvalue weighted by atomic mass is 10.3. The summed E-state index contributed by atoms with van der Waals surface area (Å²) in [5.74, 6) is 0.131. The molecule has 1 rings (SSSR count). The molecule has 0 amide bonds. The minimum Gasteiger partial charge on any atom is -0.385 e. The molecule has 0 bridgehead atoms. The molecule has 0 aromatic heterocycles. The molecule has 58 valence electrons. The predicted molar refractivity (Wildman–Crippen MR) is 39.2 cm³/mol. The van der Waals surface area contributed by atoms with Crippen molar-refractivity contribution in [1.82, 2.24) is 4.90 Å². The van der Waals surface area contributed by atoms with E-state index < -0.39 is 0 Å². The van der Waals surface area contributed by atoms with Crippen molar-refractivity contribution in [3.05, 3.63) is 0 Å². The van der Waals surface area contributed by atoms with Crippen LogP contribution in [0.25, 0.3) is 0 Å². The molecule has 0 unspecified atom stereocenters. The molecule has 10 heavy (non-hydrogen) atoms. The lowest BCUT2D eigenvalue weighted by Crippen LogP contribution is -2.46. The molecule has 4 heteroatoms. The summed E-state index contributed by atoms with van der Waals surface area (Å²) in [6.45, 7) is 2.36. The first-order valence-corrected chi connectivity index (χ1v) is 3.34. The van der Waals surface area contributed by atoms with Crippen molar-refractivity contribution in [2.75, 3.05) is 26.7 Å². The maximum absolute atomic E-state index is 7.10. The van der Waals surface area contributed by atoms with Crippen molar-refractivity contribution in [2.45, 2.75) is 6.10 Å². The fourth-order valence-corrected chi connectivity index (χ4v) is 0.966. The highest BCUT2D eigenvalue weighted by Crippen LogP contribution is 2.01. The van der Waals surface area contributed by atoms with Crippen molar-refractivity contribution in [2.24, 2.45) is 5.73 Å². The number of amidine groups is 1. The van der Waals surface area contributed by atoms with Crippen LogP contribution in [0.2, 0.25) is 0 Å². The number of morpholine rings is 1. The molecule has 1 fully saturated rings. The smallest absolute Gasteiger partial charge is 0.127 e. The third-order valence-electron chi connectivity index (χ3n) is 1.62. The fraction of sp³-hybridized carbons (Fsp3) is 0.833. The van der Waals surface area contributed by atoms with E-state index in [4.69, 9.17) is 15.9 Å². The van der Waals surface area contributed by atoms with Crippen LogP contribution < -0.4 is 5.73 Å². The van der Waals surface area contributed by atoms with Gasteiger partial charge in [-0.25, -0.2) is 0 Å². The molecular formula is C6H13N3O. The Balaban J connectivity index is 2.39. The Morgan fingerprint density at radius 2 is 2.50 bits per heavy atom. The summed E-state index contributed by atoms with van der Waals surface area (Å²) >= 11 is 0. The van der Waals surface area contributed by atoms with Crippen LogP contribution >= 0.6 is 0 Å². The third-order valence-corrected chi connectivity index (χ3v) is 1.62. The molecule has 0 aromatic carbocycles. The lowest BCUT2D eigenvalue weighted by Gasteiger charge is -2.28. The van der Waals surface area contributed by atoms with E-state index in [0.717, 1.165) is 13.1 Å². The first-order valence-electron chi connectivity index (χ1n) is 3.34. The highest BCUT2D eigenvalue weighted by molar-refractivity contribution is 5.82. The first-order chi connectivity index (χ1) is 4.70. The zero-order valence-electron chi connectivity index (χ0n) is 6.13. The zero-order valence-corrected chi connectivity index (χ0v) is 6.13. The second-order valence-corrected chi connectivity index (χ2v) is 2.58. The molecule has 1 aliphatic heterocycles. The standard InChI is InChI=1S/C6H13N3O/c1-9-2-3-10-5(4-9)6(7)8/h5H,2-4H2,1H3,(H3,7,8)/t5-/m0/s1. The molecule has 1 atom stereocenters. The summed E-state index contributed by atoms with van der Waals surface area (Å²) in [6, 6.07) is 0. The average Bonchev–Trinajstić information content (AvgIpc) is 1.88. The van der Waals surface area contributed by atoms with Crippen LogP contribution in [-0.4, -0.2) is 43.6 Å². The summed E-state index contributed by atoms with van der Waals surface area (Å²) < 4.78 is 5.22. The zero-order chi connectivity index (χ0) is 7.56. The molecular weight excluding hydrogens is 130 g/mol. The van der Waals surface area contributed by atoms with Crippen molar-refractivity contribution >= 4 is 5.84 Å². The summed E-state index contributed by atoms with van der Waals surface area (Å²) in [5.41, 5.74) is 5.26. The Morgan fingerprint density at radius 1 is 1.80 bits per heavy atom. The average molecular weight is 143 g/mol. The van der Waals surface area contributed by atoms with E-state index in [0.29, 0.717) is 6.61 Å². The highest BCUT2D eigenvalue weighted by Gasteiger charge is 2.19. The van der Waals surface area contributed by atoms with Crippen molar-refractivity contribution in [3.8, 4) is 0 Å². The maximum Gasteiger partial charge on any atom is 0.127 e. The Labute approximate surface area is 60.5 Å². The van der Waals surface area contributed by atoms with Crippen LogP contribution in [0, 0.1) is 5.41 Å².